The fourth-order valence-electron chi connectivity index (χ4n) is 4.23. The molecule has 2 atom stereocenters. The number of carbonyl (C=O) groups is 3. The predicted molar refractivity (Wildman–Crippen MR) is 124 cm³/mol. The third-order valence-electron chi connectivity index (χ3n) is 5.99. The van der Waals surface area contributed by atoms with E-state index in [0.717, 1.165) is 29.7 Å². The summed E-state index contributed by atoms with van der Waals surface area (Å²) in [6, 6.07) is 16.1. The van der Waals surface area contributed by atoms with Crippen molar-refractivity contribution in [1.82, 2.24) is 0 Å². The van der Waals surface area contributed by atoms with Crippen LogP contribution in [-0.2, 0) is 4.79 Å². The van der Waals surface area contributed by atoms with Crippen molar-refractivity contribution in [2.24, 2.45) is 11.8 Å². The highest BCUT2D eigenvalue weighted by Gasteiger charge is 2.37. The first kappa shape index (κ1) is 23.1. The third kappa shape index (κ3) is 5.11. The van der Waals surface area contributed by atoms with Crippen molar-refractivity contribution in [3.05, 3.63) is 83.9 Å². The lowest BCUT2D eigenvalue weighted by Gasteiger charge is -2.14. The smallest absolute Gasteiger partial charge is 0.323 e. The van der Waals surface area contributed by atoms with Crippen LogP contribution in [0.1, 0.15) is 29.6 Å². The summed E-state index contributed by atoms with van der Waals surface area (Å²) in [5.41, 5.74) is 2.51. The van der Waals surface area contributed by atoms with Crippen molar-refractivity contribution in [2.45, 2.75) is 19.3 Å². The Morgan fingerprint density at radius 2 is 1.41 bits per heavy atom. The summed E-state index contributed by atoms with van der Waals surface area (Å²) in [6.07, 6.45) is 1.86. The predicted octanol–water partition coefficient (Wildman–Crippen LogP) is 5.96. The number of amides is 2. The number of hydrogen-bond acceptors (Lipinski definition) is 3. The van der Waals surface area contributed by atoms with E-state index in [2.05, 4.69) is 10.6 Å². The molecule has 1 aliphatic rings. The van der Waals surface area contributed by atoms with Gasteiger partial charge in [-0.2, -0.15) is 0 Å². The molecule has 0 radical (unpaired) electrons. The molecule has 2 unspecified atom stereocenters. The first-order valence-corrected chi connectivity index (χ1v) is 10.8. The highest BCUT2D eigenvalue weighted by atomic mass is 19.1. The fraction of sp³-hybridized carbons (Fsp3) is 0.192. The molecule has 0 spiro atoms. The Morgan fingerprint density at radius 3 is 2.03 bits per heavy atom. The SMILES string of the molecule is O=C(Nc1ccc(-c2ccc(C(=O)C3CCCC3C(=O)O)cc2)cc1)Nc1ccc(F)cc1F. The van der Waals surface area contributed by atoms with Crippen molar-refractivity contribution in [3.63, 3.8) is 0 Å². The largest absolute Gasteiger partial charge is 0.481 e. The molecule has 3 aromatic rings. The second-order valence-corrected chi connectivity index (χ2v) is 8.20. The molecule has 0 aliphatic heterocycles. The van der Waals surface area contributed by atoms with Gasteiger partial charge in [0.05, 0.1) is 11.6 Å². The number of urea groups is 1. The molecule has 1 aliphatic carbocycles. The number of rotatable bonds is 6. The van der Waals surface area contributed by atoms with Gasteiger partial charge in [0, 0.05) is 23.2 Å². The van der Waals surface area contributed by atoms with Gasteiger partial charge in [-0.25, -0.2) is 13.6 Å². The van der Waals surface area contributed by atoms with Crippen LogP contribution < -0.4 is 10.6 Å². The minimum atomic E-state index is -0.919. The van der Waals surface area contributed by atoms with Gasteiger partial charge in [-0.05, 0) is 48.2 Å². The Balaban J connectivity index is 1.39. The zero-order valence-corrected chi connectivity index (χ0v) is 18.1. The Kier molecular flexibility index (Phi) is 6.67. The van der Waals surface area contributed by atoms with E-state index < -0.39 is 35.5 Å². The molecule has 0 heterocycles. The molecule has 3 aromatic carbocycles. The van der Waals surface area contributed by atoms with E-state index >= 15 is 0 Å². The number of Topliss-reactive ketones (excluding diaryl/α,β-unsaturated/α-hetero) is 1. The van der Waals surface area contributed by atoms with Crippen LogP contribution in [0.15, 0.2) is 66.7 Å². The molecular formula is C26H22F2N2O4. The molecule has 8 heteroatoms. The van der Waals surface area contributed by atoms with Gasteiger partial charge in [0.1, 0.15) is 11.6 Å². The first-order chi connectivity index (χ1) is 16.3. The average Bonchev–Trinajstić information content (AvgIpc) is 3.32. The van der Waals surface area contributed by atoms with Crippen LogP contribution in [0.5, 0.6) is 0 Å². The maximum atomic E-state index is 13.7. The number of nitrogens with one attached hydrogen (secondary N) is 2. The van der Waals surface area contributed by atoms with Crippen molar-refractivity contribution < 1.29 is 28.3 Å². The Hall–Kier alpha value is -4.07. The normalized spacial score (nSPS) is 17.2. The number of ketones is 1. The van der Waals surface area contributed by atoms with Crippen LogP contribution in [-0.4, -0.2) is 22.9 Å². The molecule has 34 heavy (non-hydrogen) atoms. The summed E-state index contributed by atoms with van der Waals surface area (Å²) in [5, 5.41) is 14.2. The van der Waals surface area contributed by atoms with E-state index in [4.69, 9.17) is 0 Å². The Bertz CT molecular complexity index is 1230. The molecule has 4 rings (SSSR count). The topological polar surface area (TPSA) is 95.5 Å². The Morgan fingerprint density at radius 1 is 0.794 bits per heavy atom. The zero-order chi connectivity index (χ0) is 24.2. The number of halogens is 2. The van der Waals surface area contributed by atoms with Crippen LogP contribution in [0, 0.1) is 23.5 Å². The van der Waals surface area contributed by atoms with Gasteiger partial charge in [0.15, 0.2) is 5.78 Å². The van der Waals surface area contributed by atoms with Crippen molar-refractivity contribution in [2.75, 3.05) is 10.6 Å². The molecule has 3 N–H and O–H groups in total. The minimum Gasteiger partial charge on any atom is -0.481 e. The molecule has 0 saturated heterocycles. The quantitative estimate of drug-likeness (QED) is 0.392. The Labute approximate surface area is 194 Å². The second kappa shape index (κ2) is 9.82. The molecule has 1 fully saturated rings. The van der Waals surface area contributed by atoms with Crippen LogP contribution in [0.3, 0.4) is 0 Å². The summed E-state index contributed by atoms with van der Waals surface area (Å²) in [6.45, 7) is 0. The van der Waals surface area contributed by atoms with Gasteiger partial charge in [0.2, 0.25) is 0 Å². The maximum Gasteiger partial charge on any atom is 0.323 e. The van der Waals surface area contributed by atoms with Crippen LogP contribution in [0.25, 0.3) is 11.1 Å². The number of carboxylic acid groups (broad SMARTS) is 1. The summed E-state index contributed by atoms with van der Waals surface area (Å²) in [4.78, 5) is 36.3. The van der Waals surface area contributed by atoms with Gasteiger partial charge in [-0.3, -0.25) is 9.59 Å². The van der Waals surface area contributed by atoms with Gasteiger partial charge >= 0.3 is 12.0 Å². The monoisotopic (exact) mass is 464 g/mol. The van der Waals surface area contributed by atoms with Crippen LogP contribution in [0.4, 0.5) is 25.0 Å². The number of hydrogen-bond donors (Lipinski definition) is 3. The van der Waals surface area contributed by atoms with Gasteiger partial charge in [-0.15, -0.1) is 0 Å². The average molecular weight is 464 g/mol. The molecule has 0 bridgehead atoms. The van der Waals surface area contributed by atoms with Crippen molar-refractivity contribution >= 4 is 29.2 Å². The number of carbonyl (C=O) groups excluding carboxylic acids is 2. The van der Waals surface area contributed by atoms with E-state index in [0.29, 0.717) is 30.2 Å². The first-order valence-electron chi connectivity index (χ1n) is 10.8. The molecule has 2 amide bonds. The second-order valence-electron chi connectivity index (χ2n) is 8.20. The van der Waals surface area contributed by atoms with Crippen LogP contribution >= 0.6 is 0 Å². The van der Waals surface area contributed by atoms with E-state index in [1.165, 1.54) is 0 Å². The number of benzene rings is 3. The lowest BCUT2D eigenvalue weighted by atomic mass is 9.88. The summed E-state index contributed by atoms with van der Waals surface area (Å²) in [7, 11) is 0. The van der Waals surface area contributed by atoms with Crippen molar-refractivity contribution in [1.29, 1.82) is 0 Å². The number of carboxylic acids is 1. The van der Waals surface area contributed by atoms with Gasteiger partial charge in [-0.1, -0.05) is 42.8 Å². The van der Waals surface area contributed by atoms with Gasteiger partial charge in [0.25, 0.3) is 0 Å². The van der Waals surface area contributed by atoms with Gasteiger partial charge < -0.3 is 15.7 Å². The number of aliphatic carboxylic acids is 1. The minimum absolute atomic E-state index is 0.139. The fourth-order valence-corrected chi connectivity index (χ4v) is 4.23. The van der Waals surface area contributed by atoms with Crippen LogP contribution in [0.2, 0.25) is 0 Å². The maximum absolute atomic E-state index is 13.7. The third-order valence-corrected chi connectivity index (χ3v) is 5.99. The van der Waals surface area contributed by atoms with E-state index in [-0.39, 0.29) is 11.5 Å². The van der Waals surface area contributed by atoms with E-state index in [9.17, 15) is 28.3 Å². The summed E-state index contributed by atoms with van der Waals surface area (Å²) in [5.74, 6) is -3.78. The molecule has 174 valence electrons. The standard InChI is InChI=1S/C26H22F2N2O4/c27-18-10-13-23(22(28)14-18)30-26(34)29-19-11-8-16(9-12-19)15-4-6-17(7-5-15)24(31)20-2-1-3-21(20)25(32)33/h4-14,20-21H,1-3H2,(H,32,33)(H2,29,30,34). The lowest BCUT2D eigenvalue weighted by Crippen LogP contribution is -2.25. The summed E-state index contributed by atoms with van der Waals surface area (Å²) < 4.78 is 26.7. The molecule has 6 nitrogen and oxygen atoms in total. The highest BCUT2D eigenvalue weighted by Crippen LogP contribution is 2.35. The molecule has 0 aromatic heterocycles. The summed E-state index contributed by atoms with van der Waals surface area (Å²) >= 11 is 0. The molecular weight excluding hydrogens is 442 g/mol. The zero-order valence-electron chi connectivity index (χ0n) is 18.1. The number of anilines is 2. The van der Waals surface area contributed by atoms with E-state index in [1.54, 1.807) is 48.5 Å². The van der Waals surface area contributed by atoms with Crippen molar-refractivity contribution in [3.8, 4) is 11.1 Å². The molecule has 1 saturated carbocycles. The lowest BCUT2D eigenvalue weighted by molar-refractivity contribution is -0.142. The highest BCUT2D eigenvalue weighted by molar-refractivity contribution is 6.01. The van der Waals surface area contributed by atoms with E-state index in [1.807, 2.05) is 0 Å².